The van der Waals surface area contributed by atoms with E-state index in [1.165, 1.54) is 10.6 Å². The Balaban J connectivity index is 2.14. The van der Waals surface area contributed by atoms with E-state index in [0.717, 1.165) is 19.5 Å². The lowest BCUT2D eigenvalue weighted by Crippen LogP contribution is -2.47. The number of hydrogen-bond acceptors (Lipinski definition) is 3. The summed E-state index contributed by atoms with van der Waals surface area (Å²) in [6.07, 6.45) is 2.51. The van der Waals surface area contributed by atoms with Gasteiger partial charge in [-0.3, -0.25) is 9.59 Å². The smallest absolute Gasteiger partial charge is 0.252 e. The molecule has 1 aromatic heterocycles. The third kappa shape index (κ3) is 2.55. The largest absolute Gasteiger partial charge is 0.346 e. The molecule has 0 spiro atoms. The molecule has 92 valence electrons. The van der Waals surface area contributed by atoms with Crippen molar-refractivity contribution in [2.75, 3.05) is 13.1 Å². The number of pyridine rings is 1. The van der Waals surface area contributed by atoms with Crippen LogP contribution >= 0.6 is 0 Å². The summed E-state index contributed by atoms with van der Waals surface area (Å²) in [4.78, 5) is 23.4. The van der Waals surface area contributed by atoms with E-state index in [1.807, 2.05) is 6.92 Å². The quantitative estimate of drug-likeness (QED) is 0.750. The molecule has 2 N–H and O–H groups in total. The minimum atomic E-state index is -0.210. The average molecular weight is 235 g/mol. The van der Waals surface area contributed by atoms with Crippen molar-refractivity contribution in [1.82, 2.24) is 15.2 Å². The second-order valence-corrected chi connectivity index (χ2v) is 4.81. The lowest BCUT2D eigenvalue weighted by Gasteiger charge is -2.24. The molecule has 0 aromatic carbocycles. The van der Waals surface area contributed by atoms with Crippen molar-refractivity contribution in [3.8, 4) is 0 Å². The van der Waals surface area contributed by atoms with Gasteiger partial charge in [0.25, 0.3) is 11.5 Å². The number of amides is 1. The first-order valence-corrected chi connectivity index (χ1v) is 5.70. The van der Waals surface area contributed by atoms with Crippen molar-refractivity contribution in [3.05, 3.63) is 34.2 Å². The van der Waals surface area contributed by atoms with E-state index in [0.29, 0.717) is 5.56 Å². The monoisotopic (exact) mass is 235 g/mol. The van der Waals surface area contributed by atoms with Crippen molar-refractivity contribution < 1.29 is 4.79 Å². The predicted octanol–water partition coefficient (Wildman–Crippen LogP) is -0.133. The lowest BCUT2D eigenvalue weighted by atomic mass is 10.0. The summed E-state index contributed by atoms with van der Waals surface area (Å²) < 4.78 is 1.44. The number of rotatable bonds is 2. The summed E-state index contributed by atoms with van der Waals surface area (Å²) in [7, 11) is 1.66. The number of nitrogens with zero attached hydrogens (tertiary/aromatic N) is 1. The van der Waals surface area contributed by atoms with Crippen molar-refractivity contribution in [3.63, 3.8) is 0 Å². The fourth-order valence-corrected chi connectivity index (χ4v) is 1.96. The topological polar surface area (TPSA) is 63.1 Å². The standard InChI is InChI=1S/C12H17N3O2/c1-12(4-5-13-8-12)14-11(17)9-3-6-15(2)10(16)7-9/h3,6-7,13H,4-5,8H2,1-2H3,(H,14,17). The van der Waals surface area contributed by atoms with Gasteiger partial charge in [0.1, 0.15) is 0 Å². The van der Waals surface area contributed by atoms with Gasteiger partial charge in [0.05, 0.1) is 5.54 Å². The van der Waals surface area contributed by atoms with Gasteiger partial charge in [0.2, 0.25) is 0 Å². The number of aryl methyl sites for hydroxylation is 1. The van der Waals surface area contributed by atoms with Gasteiger partial charge in [0.15, 0.2) is 0 Å². The number of carbonyl (C=O) groups is 1. The second-order valence-electron chi connectivity index (χ2n) is 4.81. The zero-order chi connectivity index (χ0) is 12.5. The van der Waals surface area contributed by atoms with Gasteiger partial charge in [-0.25, -0.2) is 0 Å². The zero-order valence-corrected chi connectivity index (χ0v) is 10.1. The van der Waals surface area contributed by atoms with E-state index in [-0.39, 0.29) is 17.0 Å². The minimum absolute atomic E-state index is 0.174. The van der Waals surface area contributed by atoms with Crippen LogP contribution in [0.1, 0.15) is 23.7 Å². The number of nitrogens with one attached hydrogen (secondary N) is 2. The van der Waals surface area contributed by atoms with Crippen LogP contribution in [0.15, 0.2) is 23.1 Å². The van der Waals surface area contributed by atoms with Gasteiger partial charge in [-0.2, -0.15) is 0 Å². The van der Waals surface area contributed by atoms with Crippen LogP contribution in [0.25, 0.3) is 0 Å². The third-order valence-electron chi connectivity index (χ3n) is 3.15. The number of carbonyl (C=O) groups excluding carboxylic acids is 1. The Morgan fingerprint density at radius 2 is 2.35 bits per heavy atom. The maximum Gasteiger partial charge on any atom is 0.252 e. The van der Waals surface area contributed by atoms with E-state index >= 15 is 0 Å². The first kappa shape index (κ1) is 11.9. The molecule has 1 fully saturated rings. The zero-order valence-electron chi connectivity index (χ0n) is 10.1. The first-order valence-electron chi connectivity index (χ1n) is 5.70. The summed E-state index contributed by atoms with van der Waals surface area (Å²) in [6, 6.07) is 3.02. The average Bonchev–Trinajstić information content (AvgIpc) is 2.69. The molecule has 1 amide bonds. The Morgan fingerprint density at radius 3 is 2.94 bits per heavy atom. The maximum atomic E-state index is 12.0. The van der Waals surface area contributed by atoms with Crippen LogP contribution in [0, 0.1) is 0 Å². The van der Waals surface area contributed by atoms with Crippen LogP contribution < -0.4 is 16.2 Å². The van der Waals surface area contributed by atoms with E-state index < -0.39 is 0 Å². The van der Waals surface area contributed by atoms with E-state index in [2.05, 4.69) is 10.6 Å². The Morgan fingerprint density at radius 1 is 1.59 bits per heavy atom. The predicted molar refractivity (Wildman–Crippen MR) is 65.0 cm³/mol. The van der Waals surface area contributed by atoms with E-state index in [9.17, 15) is 9.59 Å². The first-order chi connectivity index (χ1) is 8.00. The fraction of sp³-hybridized carbons (Fsp3) is 0.500. The Labute approximate surface area is 99.8 Å². The Hall–Kier alpha value is -1.62. The Bertz CT molecular complexity index is 487. The molecule has 5 nitrogen and oxygen atoms in total. The van der Waals surface area contributed by atoms with Crippen molar-refractivity contribution in [1.29, 1.82) is 0 Å². The molecule has 2 heterocycles. The van der Waals surface area contributed by atoms with Crippen molar-refractivity contribution >= 4 is 5.91 Å². The van der Waals surface area contributed by atoms with E-state index in [4.69, 9.17) is 0 Å². The van der Waals surface area contributed by atoms with Crippen LogP contribution in [0.5, 0.6) is 0 Å². The Kier molecular flexibility index (Phi) is 3.02. The SMILES string of the molecule is Cn1ccc(C(=O)NC2(C)CCNC2)cc1=O. The molecule has 1 aromatic rings. The normalized spacial score (nSPS) is 23.6. The van der Waals surface area contributed by atoms with Crippen LogP contribution in [-0.4, -0.2) is 29.1 Å². The molecule has 1 unspecified atom stereocenters. The van der Waals surface area contributed by atoms with Gasteiger partial charge < -0.3 is 15.2 Å². The van der Waals surface area contributed by atoms with Crippen molar-refractivity contribution in [2.45, 2.75) is 18.9 Å². The molecule has 2 rings (SSSR count). The molecule has 0 saturated carbocycles. The fourth-order valence-electron chi connectivity index (χ4n) is 1.96. The summed E-state index contributed by atoms with van der Waals surface area (Å²) >= 11 is 0. The lowest BCUT2D eigenvalue weighted by molar-refractivity contribution is 0.0913. The summed E-state index contributed by atoms with van der Waals surface area (Å²) in [5, 5.41) is 6.18. The van der Waals surface area contributed by atoms with E-state index in [1.54, 1.807) is 19.3 Å². The highest BCUT2D eigenvalue weighted by molar-refractivity contribution is 5.94. The molecule has 17 heavy (non-hydrogen) atoms. The summed E-state index contributed by atoms with van der Waals surface area (Å²) in [5.41, 5.74) is 0.0339. The van der Waals surface area contributed by atoms with Crippen LogP contribution in [-0.2, 0) is 7.05 Å². The van der Waals surface area contributed by atoms with Gasteiger partial charge in [-0.1, -0.05) is 0 Å². The molecule has 0 radical (unpaired) electrons. The highest BCUT2D eigenvalue weighted by Gasteiger charge is 2.30. The van der Waals surface area contributed by atoms with Gasteiger partial charge >= 0.3 is 0 Å². The van der Waals surface area contributed by atoms with Gasteiger partial charge in [-0.15, -0.1) is 0 Å². The summed E-state index contributed by atoms with van der Waals surface area (Å²) in [6.45, 7) is 3.68. The second kappa shape index (κ2) is 4.33. The number of aromatic nitrogens is 1. The molecule has 1 aliphatic heterocycles. The molecule has 0 aliphatic carbocycles. The molecule has 1 atom stereocenters. The molecule has 1 saturated heterocycles. The number of hydrogen-bond donors (Lipinski definition) is 2. The summed E-state index contributed by atoms with van der Waals surface area (Å²) in [5.74, 6) is -0.186. The molecular weight excluding hydrogens is 218 g/mol. The maximum absolute atomic E-state index is 12.0. The highest BCUT2D eigenvalue weighted by atomic mass is 16.2. The molecule has 1 aliphatic rings. The van der Waals surface area contributed by atoms with Crippen LogP contribution in [0.3, 0.4) is 0 Å². The minimum Gasteiger partial charge on any atom is -0.346 e. The highest BCUT2D eigenvalue weighted by Crippen LogP contribution is 2.13. The van der Waals surface area contributed by atoms with Crippen molar-refractivity contribution in [2.24, 2.45) is 7.05 Å². The third-order valence-corrected chi connectivity index (χ3v) is 3.15. The van der Waals surface area contributed by atoms with Crippen LogP contribution in [0.4, 0.5) is 0 Å². The van der Waals surface area contributed by atoms with Gasteiger partial charge in [-0.05, 0) is 26.0 Å². The molecule has 0 bridgehead atoms. The van der Waals surface area contributed by atoms with Crippen LogP contribution in [0.2, 0.25) is 0 Å². The molecule has 5 heteroatoms. The molecular formula is C12H17N3O2. The van der Waals surface area contributed by atoms with Gasteiger partial charge in [0, 0.05) is 31.4 Å².